The molecule has 0 amide bonds. The van der Waals surface area contributed by atoms with Crippen molar-refractivity contribution < 1.29 is 13.2 Å². The molecule has 1 unspecified atom stereocenters. The van der Waals surface area contributed by atoms with Crippen LogP contribution >= 0.6 is 0 Å². The number of anilines is 2. The molecule has 9 nitrogen and oxygen atoms in total. The van der Waals surface area contributed by atoms with Crippen LogP contribution in [0.25, 0.3) is 10.9 Å². The number of nitrogens with one attached hydrogen (secondary N) is 3. The van der Waals surface area contributed by atoms with E-state index < -0.39 is 29.4 Å². The molecular weight excluding hydrogens is 543 g/mol. The van der Waals surface area contributed by atoms with E-state index >= 15 is 0 Å². The van der Waals surface area contributed by atoms with Crippen molar-refractivity contribution >= 4 is 22.3 Å². The molecule has 0 bridgehead atoms. The van der Waals surface area contributed by atoms with Crippen LogP contribution < -0.4 is 16.1 Å². The van der Waals surface area contributed by atoms with Gasteiger partial charge in [0.05, 0.1) is 34.9 Å². The molecular formula is C30H32F3N9. The highest BCUT2D eigenvalue weighted by Gasteiger charge is 2.58. The number of aromatic nitrogens is 2. The number of nitriles is 2. The molecule has 5 rings (SSSR count). The van der Waals surface area contributed by atoms with Crippen molar-refractivity contribution in [3.63, 3.8) is 0 Å². The Morgan fingerprint density at radius 3 is 2.43 bits per heavy atom. The van der Waals surface area contributed by atoms with Crippen LogP contribution in [0.15, 0.2) is 40.8 Å². The molecule has 2 aliphatic rings. The Bertz CT molecular complexity index is 1620. The molecule has 3 heterocycles. The SMILES string of the molecule is Cc1nc(F)ccc1[C@H](Nc1cc(C#N)c2ncc(C#N)c(NCC(C)(C)C)c2c1)C1(CC2(C(F)F)CC2)CN=NN1. The van der Waals surface area contributed by atoms with Crippen molar-refractivity contribution in [2.75, 3.05) is 23.7 Å². The number of pyridine rings is 2. The number of benzene rings is 1. The highest BCUT2D eigenvalue weighted by molar-refractivity contribution is 5.99. The van der Waals surface area contributed by atoms with E-state index in [9.17, 15) is 23.7 Å². The van der Waals surface area contributed by atoms with Gasteiger partial charge in [0.15, 0.2) is 0 Å². The molecule has 1 aromatic carbocycles. The smallest absolute Gasteiger partial charge is 0.244 e. The van der Waals surface area contributed by atoms with E-state index in [-0.39, 0.29) is 23.9 Å². The van der Waals surface area contributed by atoms with E-state index in [2.05, 4.69) is 69.3 Å². The summed E-state index contributed by atoms with van der Waals surface area (Å²) < 4.78 is 42.5. The molecule has 0 saturated heterocycles. The molecule has 1 fully saturated rings. The fourth-order valence-electron chi connectivity index (χ4n) is 5.57. The van der Waals surface area contributed by atoms with Crippen LogP contribution in [0, 0.1) is 46.4 Å². The maximum absolute atomic E-state index is 14.2. The molecule has 1 aliphatic carbocycles. The number of aryl methyl sites for hydroxylation is 1. The zero-order chi connectivity index (χ0) is 30.3. The van der Waals surface area contributed by atoms with Crippen molar-refractivity contribution in [2.45, 2.75) is 65.0 Å². The zero-order valence-electron chi connectivity index (χ0n) is 23.9. The largest absolute Gasteiger partial charge is 0.383 e. The molecule has 0 radical (unpaired) electrons. The minimum absolute atomic E-state index is 0.0658. The number of nitrogens with zero attached hydrogens (tertiary/aromatic N) is 6. The quantitative estimate of drug-likeness (QED) is 0.246. The Labute approximate surface area is 242 Å². The number of hydrogen-bond donors (Lipinski definition) is 3. The normalized spacial score (nSPS) is 19.7. The Hall–Kier alpha value is -4.45. The van der Waals surface area contributed by atoms with Gasteiger partial charge in [0.25, 0.3) is 0 Å². The third kappa shape index (κ3) is 5.54. The Morgan fingerprint density at radius 1 is 1.12 bits per heavy atom. The molecule has 0 spiro atoms. The van der Waals surface area contributed by atoms with Gasteiger partial charge in [-0.25, -0.2) is 13.8 Å². The van der Waals surface area contributed by atoms with Crippen molar-refractivity contribution in [2.24, 2.45) is 21.2 Å². The van der Waals surface area contributed by atoms with Crippen molar-refractivity contribution in [3.05, 3.63) is 58.8 Å². The van der Waals surface area contributed by atoms with Gasteiger partial charge in [-0.05, 0) is 55.4 Å². The lowest BCUT2D eigenvalue weighted by Gasteiger charge is -2.40. The molecule has 2 aromatic heterocycles. The molecule has 1 aliphatic heterocycles. The second-order valence-corrected chi connectivity index (χ2v) is 12.5. The summed E-state index contributed by atoms with van der Waals surface area (Å²) in [5.74, 6) is -0.661. The van der Waals surface area contributed by atoms with Gasteiger partial charge in [-0.3, -0.25) is 10.4 Å². The molecule has 42 heavy (non-hydrogen) atoms. The number of alkyl halides is 2. The van der Waals surface area contributed by atoms with E-state index in [4.69, 9.17) is 0 Å². The first-order valence-corrected chi connectivity index (χ1v) is 13.7. The fourth-order valence-corrected chi connectivity index (χ4v) is 5.57. The molecule has 3 aromatic rings. The summed E-state index contributed by atoms with van der Waals surface area (Å²) in [6, 6.07) is 9.86. The zero-order valence-corrected chi connectivity index (χ0v) is 23.9. The van der Waals surface area contributed by atoms with Gasteiger partial charge in [-0.2, -0.15) is 20.0 Å². The summed E-state index contributed by atoms with van der Waals surface area (Å²) in [5.41, 5.74) is 3.64. The van der Waals surface area contributed by atoms with Crippen LogP contribution in [-0.2, 0) is 0 Å². The van der Waals surface area contributed by atoms with Crippen molar-refractivity contribution in [1.29, 1.82) is 10.5 Å². The minimum atomic E-state index is -2.53. The highest BCUT2D eigenvalue weighted by atomic mass is 19.3. The maximum atomic E-state index is 14.2. The summed E-state index contributed by atoms with van der Waals surface area (Å²) in [6.45, 7) is 8.49. The monoisotopic (exact) mass is 575 g/mol. The summed E-state index contributed by atoms with van der Waals surface area (Å²) in [6.07, 6.45) is -0.265. The molecule has 12 heteroatoms. The number of fused-ring (bicyclic) bond motifs is 1. The van der Waals surface area contributed by atoms with Gasteiger partial charge in [0.1, 0.15) is 17.7 Å². The minimum Gasteiger partial charge on any atom is -0.383 e. The molecule has 1 saturated carbocycles. The van der Waals surface area contributed by atoms with Gasteiger partial charge in [0.2, 0.25) is 12.4 Å². The number of halogens is 3. The maximum Gasteiger partial charge on any atom is 0.244 e. The predicted molar refractivity (Wildman–Crippen MR) is 152 cm³/mol. The van der Waals surface area contributed by atoms with E-state index in [0.29, 0.717) is 58.5 Å². The summed E-state index contributed by atoms with van der Waals surface area (Å²) in [4.78, 5) is 8.41. The molecule has 2 atom stereocenters. The molecule has 218 valence electrons. The summed E-state index contributed by atoms with van der Waals surface area (Å²) >= 11 is 0. The molecule has 3 N–H and O–H groups in total. The van der Waals surface area contributed by atoms with Gasteiger partial charge >= 0.3 is 0 Å². The van der Waals surface area contributed by atoms with Gasteiger partial charge in [0, 0.05) is 34.9 Å². The second kappa shape index (κ2) is 10.8. The van der Waals surface area contributed by atoms with Gasteiger partial charge in [-0.1, -0.05) is 32.1 Å². The Balaban J connectivity index is 1.66. The van der Waals surface area contributed by atoms with E-state index in [0.717, 1.165) is 0 Å². The van der Waals surface area contributed by atoms with E-state index in [1.807, 2.05) is 0 Å². The second-order valence-electron chi connectivity index (χ2n) is 12.5. The topological polar surface area (TPSA) is 134 Å². The lowest BCUT2D eigenvalue weighted by molar-refractivity contribution is 0.0366. The summed E-state index contributed by atoms with van der Waals surface area (Å²) in [7, 11) is 0. The first-order chi connectivity index (χ1) is 19.9. The lowest BCUT2D eigenvalue weighted by atomic mass is 9.77. The van der Waals surface area contributed by atoms with Crippen LogP contribution in [0.1, 0.15) is 68.5 Å². The average Bonchev–Trinajstić information content (AvgIpc) is 3.57. The number of rotatable bonds is 9. The fraction of sp³-hybridized carbons (Fsp3) is 0.467. The first-order valence-electron chi connectivity index (χ1n) is 13.7. The standard InChI is InChI=1S/C30H32F3N9/c1-17-21(5-6-23(31)39-17)26(30(16-38-42-41-30)14-29(7-8-29)27(32)33)40-20-9-18(11-34)24-22(10-20)25(19(12-35)13-36-24)37-15-28(2,3)4/h5-6,9-10,13,26-27,40H,7-8,14-16H2,1-4H3,(H,36,37)(H,38,41)/t26-,30?/m0/s1. The Morgan fingerprint density at radius 2 is 1.86 bits per heavy atom. The summed E-state index contributed by atoms with van der Waals surface area (Å²) in [5, 5.41) is 35.4. The van der Waals surface area contributed by atoms with Crippen LogP contribution in [0.5, 0.6) is 0 Å². The third-order valence-electron chi connectivity index (χ3n) is 7.99. The average molecular weight is 576 g/mol. The van der Waals surface area contributed by atoms with E-state index in [1.54, 1.807) is 25.1 Å². The lowest BCUT2D eigenvalue weighted by Crippen LogP contribution is -2.53. The Kier molecular flexibility index (Phi) is 7.44. The van der Waals surface area contributed by atoms with Crippen LogP contribution in [-0.4, -0.2) is 35.0 Å². The number of hydrogen-bond acceptors (Lipinski definition) is 9. The van der Waals surface area contributed by atoms with Gasteiger partial charge in [-0.15, -0.1) is 0 Å². The highest BCUT2D eigenvalue weighted by Crippen LogP contribution is 2.58. The predicted octanol–water partition coefficient (Wildman–Crippen LogP) is 6.58. The van der Waals surface area contributed by atoms with Gasteiger partial charge < -0.3 is 10.6 Å². The van der Waals surface area contributed by atoms with Crippen LogP contribution in [0.3, 0.4) is 0 Å². The van der Waals surface area contributed by atoms with Crippen LogP contribution in [0.4, 0.5) is 24.5 Å². The van der Waals surface area contributed by atoms with Crippen LogP contribution in [0.2, 0.25) is 0 Å². The first kappa shape index (κ1) is 29.1. The van der Waals surface area contributed by atoms with E-state index in [1.165, 1.54) is 12.3 Å². The third-order valence-corrected chi connectivity index (χ3v) is 7.99. The van der Waals surface area contributed by atoms with Crippen molar-refractivity contribution in [3.8, 4) is 12.1 Å². The van der Waals surface area contributed by atoms with Crippen molar-refractivity contribution in [1.82, 2.24) is 15.4 Å².